The van der Waals surface area contributed by atoms with Gasteiger partial charge in [0.25, 0.3) is 0 Å². The Morgan fingerprint density at radius 2 is 2.10 bits per heavy atom. The number of anilines is 1. The van der Waals surface area contributed by atoms with E-state index in [0.717, 1.165) is 16.3 Å². The van der Waals surface area contributed by atoms with Crippen LogP contribution in [-0.4, -0.2) is 19.1 Å². The van der Waals surface area contributed by atoms with E-state index in [0.29, 0.717) is 13.2 Å². The molecule has 2 rings (SSSR count). The molecule has 5 heteroatoms. The van der Waals surface area contributed by atoms with Gasteiger partial charge in [0.15, 0.2) is 0 Å². The molecule has 20 heavy (non-hydrogen) atoms. The first-order valence-electron chi connectivity index (χ1n) is 6.54. The molecule has 1 amide bonds. The highest BCUT2D eigenvalue weighted by molar-refractivity contribution is 7.09. The van der Waals surface area contributed by atoms with Crippen LogP contribution in [0.25, 0.3) is 0 Å². The van der Waals surface area contributed by atoms with Gasteiger partial charge in [0.05, 0.1) is 25.4 Å². The molecule has 2 N–H and O–H groups in total. The Bertz CT molecular complexity index is 541. The number of benzene rings is 1. The standard InChI is InChI=1S/C15H18N2O2S/c1-2-19-14-8-4-3-7-13(14)16-11-15(18)17-10-12-6-5-9-20-12/h3-9,16H,2,10-11H2,1H3,(H,17,18). The van der Waals surface area contributed by atoms with Crippen LogP contribution in [0.15, 0.2) is 41.8 Å². The third kappa shape index (κ3) is 4.28. The topological polar surface area (TPSA) is 50.4 Å². The molecule has 0 aliphatic rings. The SMILES string of the molecule is CCOc1ccccc1NCC(=O)NCc1cccs1. The van der Waals surface area contributed by atoms with E-state index in [4.69, 9.17) is 4.74 Å². The van der Waals surface area contributed by atoms with E-state index in [-0.39, 0.29) is 12.5 Å². The molecule has 0 radical (unpaired) electrons. The van der Waals surface area contributed by atoms with E-state index in [1.54, 1.807) is 11.3 Å². The van der Waals surface area contributed by atoms with Crippen molar-refractivity contribution in [3.05, 3.63) is 46.7 Å². The van der Waals surface area contributed by atoms with Crippen LogP contribution in [0, 0.1) is 0 Å². The third-order valence-electron chi connectivity index (χ3n) is 2.67. The van der Waals surface area contributed by atoms with Gasteiger partial charge in [-0.15, -0.1) is 11.3 Å². The third-order valence-corrected chi connectivity index (χ3v) is 3.54. The highest BCUT2D eigenvalue weighted by atomic mass is 32.1. The van der Waals surface area contributed by atoms with Gasteiger partial charge in [0.2, 0.25) is 5.91 Å². The van der Waals surface area contributed by atoms with E-state index in [1.165, 1.54) is 0 Å². The highest BCUT2D eigenvalue weighted by Crippen LogP contribution is 2.23. The number of thiophene rings is 1. The molecule has 0 saturated heterocycles. The molecular formula is C15H18N2O2S. The van der Waals surface area contributed by atoms with Gasteiger partial charge in [0.1, 0.15) is 5.75 Å². The second kappa shape index (κ2) is 7.55. The predicted octanol–water partition coefficient (Wildman–Crippen LogP) is 2.88. The minimum absolute atomic E-state index is 0.0373. The largest absolute Gasteiger partial charge is 0.492 e. The number of nitrogens with one attached hydrogen (secondary N) is 2. The zero-order valence-corrected chi connectivity index (χ0v) is 12.2. The molecular weight excluding hydrogens is 272 g/mol. The predicted molar refractivity (Wildman–Crippen MR) is 82.3 cm³/mol. The Balaban J connectivity index is 1.81. The van der Waals surface area contributed by atoms with E-state index in [2.05, 4.69) is 10.6 Å². The van der Waals surface area contributed by atoms with Crippen molar-refractivity contribution in [1.29, 1.82) is 0 Å². The molecule has 2 aromatic rings. The number of ether oxygens (including phenoxy) is 1. The summed E-state index contributed by atoms with van der Waals surface area (Å²) in [6.07, 6.45) is 0. The summed E-state index contributed by atoms with van der Waals surface area (Å²) in [5.41, 5.74) is 0.834. The summed E-state index contributed by atoms with van der Waals surface area (Å²) >= 11 is 1.63. The Morgan fingerprint density at radius 3 is 2.85 bits per heavy atom. The van der Waals surface area contributed by atoms with E-state index in [1.807, 2.05) is 48.7 Å². The second-order valence-corrected chi connectivity index (χ2v) is 5.17. The maximum absolute atomic E-state index is 11.8. The van der Waals surface area contributed by atoms with Crippen LogP contribution < -0.4 is 15.4 Å². The summed E-state index contributed by atoms with van der Waals surface area (Å²) in [6.45, 7) is 3.34. The van der Waals surface area contributed by atoms with Crippen LogP contribution in [0.3, 0.4) is 0 Å². The van der Waals surface area contributed by atoms with Crippen molar-refractivity contribution < 1.29 is 9.53 Å². The quantitative estimate of drug-likeness (QED) is 0.824. The van der Waals surface area contributed by atoms with E-state index >= 15 is 0 Å². The molecule has 1 aromatic carbocycles. The normalized spacial score (nSPS) is 10.1. The van der Waals surface area contributed by atoms with Crippen LogP contribution in [-0.2, 0) is 11.3 Å². The molecule has 0 unspecified atom stereocenters. The van der Waals surface area contributed by atoms with Gasteiger partial charge in [0, 0.05) is 4.88 Å². The number of carbonyl (C=O) groups excluding carboxylic acids is 1. The van der Waals surface area contributed by atoms with Gasteiger partial charge in [-0.2, -0.15) is 0 Å². The summed E-state index contributed by atoms with van der Waals surface area (Å²) in [6, 6.07) is 11.6. The number of hydrogen-bond donors (Lipinski definition) is 2. The molecule has 0 spiro atoms. The van der Waals surface area contributed by atoms with Crippen LogP contribution in [0.2, 0.25) is 0 Å². The van der Waals surface area contributed by atoms with Crippen molar-refractivity contribution in [2.24, 2.45) is 0 Å². The van der Waals surface area contributed by atoms with Crippen LogP contribution in [0.5, 0.6) is 5.75 Å². The monoisotopic (exact) mass is 290 g/mol. The first-order chi connectivity index (χ1) is 9.79. The van der Waals surface area contributed by atoms with Gasteiger partial charge in [-0.05, 0) is 30.5 Å². The summed E-state index contributed by atoms with van der Waals surface area (Å²) in [5, 5.41) is 7.97. The summed E-state index contributed by atoms with van der Waals surface area (Å²) in [7, 11) is 0. The summed E-state index contributed by atoms with van der Waals surface area (Å²) < 4.78 is 5.50. The maximum Gasteiger partial charge on any atom is 0.239 e. The number of rotatable bonds is 7. The molecule has 1 aromatic heterocycles. The lowest BCUT2D eigenvalue weighted by Crippen LogP contribution is -2.29. The van der Waals surface area contributed by atoms with E-state index in [9.17, 15) is 4.79 Å². The molecule has 1 heterocycles. The zero-order valence-electron chi connectivity index (χ0n) is 11.4. The Labute approximate surface area is 122 Å². The molecule has 0 fully saturated rings. The van der Waals surface area contributed by atoms with Crippen molar-refractivity contribution in [2.75, 3.05) is 18.5 Å². The fraction of sp³-hybridized carbons (Fsp3) is 0.267. The van der Waals surface area contributed by atoms with Gasteiger partial charge in [-0.3, -0.25) is 4.79 Å². The lowest BCUT2D eigenvalue weighted by Gasteiger charge is -2.12. The molecule has 0 saturated carbocycles. The highest BCUT2D eigenvalue weighted by Gasteiger charge is 2.05. The average Bonchev–Trinajstić information content (AvgIpc) is 2.98. The first-order valence-corrected chi connectivity index (χ1v) is 7.42. The fourth-order valence-corrected chi connectivity index (χ4v) is 2.38. The first kappa shape index (κ1) is 14.4. The minimum Gasteiger partial charge on any atom is -0.492 e. The van der Waals surface area contributed by atoms with Crippen molar-refractivity contribution in [3.8, 4) is 5.75 Å². The molecule has 106 valence electrons. The fourth-order valence-electron chi connectivity index (χ4n) is 1.73. The molecule has 0 bridgehead atoms. The Morgan fingerprint density at radius 1 is 1.25 bits per heavy atom. The summed E-state index contributed by atoms with van der Waals surface area (Å²) in [5.74, 6) is 0.728. The van der Waals surface area contributed by atoms with Crippen molar-refractivity contribution in [3.63, 3.8) is 0 Å². The van der Waals surface area contributed by atoms with Crippen LogP contribution >= 0.6 is 11.3 Å². The Kier molecular flexibility index (Phi) is 5.43. The Hall–Kier alpha value is -2.01. The number of amides is 1. The van der Waals surface area contributed by atoms with Gasteiger partial charge in [-0.1, -0.05) is 18.2 Å². The number of hydrogen-bond acceptors (Lipinski definition) is 4. The number of para-hydroxylation sites is 2. The lowest BCUT2D eigenvalue weighted by atomic mass is 10.3. The van der Waals surface area contributed by atoms with Gasteiger partial charge in [-0.25, -0.2) is 0 Å². The van der Waals surface area contributed by atoms with Gasteiger partial charge < -0.3 is 15.4 Å². The second-order valence-electron chi connectivity index (χ2n) is 4.14. The summed E-state index contributed by atoms with van der Waals surface area (Å²) in [4.78, 5) is 12.9. The number of carbonyl (C=O) groups is 1. The van der Waals surface area contributed by atoms with Crippen molar-refractivity contribution in [1.82, 2.24) is 5.32 Å². The molecule has 0 atom stereocenters. The lowest BCUT2D eigenvalue weighted by molar-refractivity contribution is -0.119. The maximum atomic E-state index is 11.8. The van der Waals surface area contributed by atoms with Gasteiger partial charge >= 0.3 is 0 Å². The van der Waals surface area contributed by atoms with E-state index < -0.39 is 0 Å². The van der Waals surface area contributed by atoms with Crippen molar-refractivity contribution >= 4 is 22.9 Å². The zero-order chi connectivity index (χ0) is 14.2. The molecule has 4 nitrogen and oxygen atoms in total. The molecule has 0 aliphatic carbocycles. The van der Waals surface area contributed by atoms with Crippen molar-refractivity contribution in [2.45, 2.75) is 13.5 Å². The van der Waals surface area contributed by atoms with Crippen LogP contribution in [0.4, 0.5) is 5.69 Å². The minimum atomic E-state index is -0.0373. The van der Waals surface area contributed by atoms with Crippen LogP contribution in [0.1, 0.15) is 11.8 Å². The molecule has 0 aliphatic heterocycles. The average molecular weight is 290 g/mol. The smallest absolute Gasteiger partial charge is 0.239 e.